The van der Waals surface area contributed by atoms with Crippen molar-refractivity contribution in [2.24, 2.45) is 5.73 Å². The standard InChI is InChI=1S/C18H20N2O4/c1-24-16-5-3-2-4-14(16)17(21)20-11-13-8-6-12(7-9-13)10-15(19)18(22)23/h2-9,15H,10-11,19H2,1H3,(H,20,21)(H,22,23). The highest BCUT2D eigenvalue weighted by Gasteiger charge is 2.13. The number of benzene rings is 2. The van der Waals surface area contributed by atoms with Crippen molar-refractivity contribution in [1.82, 2.24) is 5.32 Å². The molecule has 0 heterocycles. The lowest BCUT2D eigenvalue weighted by Crippen LogP contribution is -2.32. The van der Waals surface area contributed by atoms with Gasteiger partial charge in [0.1, 0.15) is 11.8 Å². The number of carboxylic acids is 1. The summed E-state index contributed by atoms with van der Waals surface area (Å²) in [5.74, 6) is -0.722. The Morgan fingerprint density at radius 1 is 1.12 bits per heavy atom. The minimum absolute atomic E-state index is 0.218. The molecular formula is C18H20N2O4. The summed E-state index contributed by atoms with van der Waals surface area (Å²) in [6.45, 7) is 0.363. The average Bonchev–Trinajstić information content (AvgIpc) is 2.60. The lowest BCUT2D eigenvalue weighted by Gasteiger charge is -2.10. The van der Waals surface area contributed by atoms with Gasteiger partial charge in [0, 0.05) is 6.54 Å². The Hall–Kier alpha value is -2.86. The maximum absolute atomic E-state index is 12.2. The van der Waals surface area contributed by atoms with E-state index in [9.17, 15) is 9.59 Å². The van der Waals surface area contributed by atoms with Crippen LogP contribution >= 0.6 is 0 Å². The van der Waals surface area contributed by atoms with E-state index >= 15 is 0 Å². The molecule has 24 heavy (non-hydrogen) atoms. The van der Waals surface area contributed by atoms with Crippen LogP contribution in [0.3, 0.4) is 0 Å². The molecule has 0 saturated carbocycles. The molecule has 6 heteroatoms. The molecule has 2 rings (SSSR count). The lowest BCUT2D eigenvalue weighted by molar-refractivity contribution is -0.138. The maximum Gasteiger partial charge on any atom is 0.320 e. The van der Waals surface area contributed by atoms with Gasteiger partial charge in [0.2, 0.25) is 0 Å². The van der Waals surface area contributed by atoms with Crippen LogP contribution in [0.4, 0.5) is 0 Å². The predicted molar refractivity (Wildman–Crippen MR) is 89.9 cm³/mol. The van der Waals surface area contributed by atoms with Crippen molar-refractivity contribution in [3.05, 3.63) is 65.2 Å². The van der Waals surface area contributed by atoms with E-state index in [1.807, 2.05) is 24.3 Å². The van der Waals surface area contributed by atoms with E-state index in [2.05, 4.69) is 5.32 Å². The molecule has 0 aromatic heterocycles. The van der Waals surface area contributed by atoms with Crippen LogP contribution in [0.15, 0.2) is 48.5 Å². The SMILES string of the molecule is COc1ccccc1C(=O)NCc1ccc(CC(N)C(=O)O)cc1. The molecule has 0 fully saturated rings. The molecule has 0 aliphatic heterocycles. The maximum atomic E-state index is 12.2. The van der Waals surface area contributed by atoms with Gasteiger partial charge in [0.25, 0.3) is 5.91 Å². The van der Waals surface area contributed by atoms with Crippen LogP contribution in [0.2, 0.25) is 0 Å². The summed E-state index contributed by atoms with van der Waals surface area (Å²) in [6.07, 6.45) is 0.267. The topological polar surface area (TPSA) is 102 Å². The Balaban J connectivity index is 1.94. The number of aliphatic carboxylic acids is 1. The fourth-order valence-electron chi connectivity index (χ4n) is 2.24. The number of carbonyl (C=O) groups is 2. The number of hydrogen-bond acceptors (Lipinski definition) is 4. The first-order valence-electron chi connectivity index (χ1n) is 7.48. The van der Waals surface area contributed by atoms with Crippen molar-refractivity contribution in [1.29, 1.82) is 0 Å². The highest BCUT2D eigenvalue weighted by Crippen LogP contribution is 2.17. The Labute approximate surface area is 140 Å². The van der Waals surface area contributed by atoms with Gasteiger partial charge in [-0.25, -0.2) is 0 Å². The summed E-state index contributed by atoms with van der Waals surface area (Å²) in [4.78, 5) is 23.0. The first kappa shape index (κ1) is 17.5. The number of ether oxygens (including phenoxy) is 1. The van der Waals surface area contributed by atoms with E-state index in [-0.39, 0.29) is 12.3 Å². The number of nitrogens with one attached hydrogen (secondary N) is 1. The third-order valence-corrected chi connectivity index (χ3v) is 3.60. The highest BCUT2D eigenvalue weighted by atomic mass is 16.5. The van der Waals surface area contributed by atoms with Crippen LogP contribution in [0.5, 0.6) is 5.75 Å². The van der Waals surface area contributed by atoms with Gasteiger partial charge in [0.05, 0.1) is 12.7 Å². The van der Waals surface area contributed by atoms with Crippen LogP contribution in [0, 0.1) is 0 Å². The Kier molecular flexibility index (Phi) is 5.92. The van der Waals surface area contributed by atoms with Gasteiger partial charge in [-0.3, -0.25) is 9.59 Å². The number of methoxy groups -OCH3 is 1. The largest absolute Gasteiger partial charge is 0.496 e. The fraction of sp³-hybridized carbons (Fsp3) is 0.222. The minimum Gasteiger partial charge on any atom is -0.496 e. The predicted octanol–water partition coefficient (Wildman–Crippen LogP) is 1.58. The normalized spacial score (nSPS) is 11.6. The number of rotatable bonds is 7. The van der Waals surface area contributed by atoms with Crippen LogP contribution < -0.4 is 15.8 Å². The molecule has 0 bridgehead atoms. The molecule has 2 aromatic carbocycles. The van der Waals surface area contributed by atoms with E-state index in [1.165, 1.54) is 7.11 Å². The number of para-hydroxylation sites is 1. The zero-order valence-corrected chi connectivity index (χ0v) is 13.4. The van der Waals surface area contributed by atoms with Gasteiger partial charge in [-0.2, -0.15) is 0 Å². The molecule has 1 atom stereocenters. The second-order valence-corrected chi connectivity index (χ2v) is 5.35. The molecule has 6 nitrogen and oxygen atoms in total. The number of amides is 1. The molecule has 0 spiro atoms. The summed E-state index contributed by atoms with van der Waals surface area (Å²) in [6, 6.07) is 13.4. The number of nitrogens with two attached hydrogens (primary N) is 1. The molecular weight excluding hydrogens is 308 g/mol. The molecule has 2 aromatic rings. The van der Waals surface area contributed by atoms with Gasteiger partial charge >= 0.3 is 5.97 Å². The van der Waals surface area contributed by atoms with Gasteiger partial charge in [0.15, 0.2) is 0 Å². The molecule has 126 valence electrons. The Morgan fingerprint density at radius 3 is 2.38 bits per heavy atom. The average molecular weight is 328 g/mol. The summed E-state index contributed by atoms with van der Waals surface area (Å²) in [7, 11) is 1.52. The van der Waals surface area contributed by atoms with Crippen LogP contribution in [-0.2, 0) is 17.8 Å². The molecule has 4 N–H and O–H groups in total. The van der Waals surface area contributed by atoms with Gasteiger partial charge in [-0.15, -0.1) is 0 Å². The van der Waals surface area contributed by atoms with Gasteiger partial charge in [-0.05, 0) is 29.7 Å². The van der Waals surface area contributed by atoms with Crippen molar-refractivity contribution >= 4 is 11.9 Å². The van der Waals surface area contributed by atoms with Crippen molar-refractivity contribution < 1.29 is 19.4 Å². The second kappa shape index (κ2) is 8.12. The third-order valence-electron chi connectivity index (χ3n) is 3.60. The number of carbonyl (C=O) groups excluding carboxylic acids is 1. The number of carboxylic acid groups (broad SMARTS) is 1. The first-order chi connectivity index (χ1) is 11.5. The van der Waals surface area contributed by atoms with Crippen molar-refractivity contribution in [3.8, 4) is 5.75 Å². The molecule has 0 saturated heterocycles. The third kappa shape index (κ3) is 4.57. The van der Waals surface area contributed by atoms with E-state index < -0.39 is 12.0 Å². The van der Waals surface area contributed by atoms with E-state index in [4.69, 9.17) is 15.6 Å². The summed E-state index contributed by atoms with van der Waals surface area (Å²) in [5, 5.41) is 11.6. The molecule has 1 unspecified atom stereocenters. The zero-order chi connectivity index (χ0) is 17.5. The Bertz CT molecular complexity index is 713. The fourth-order valence-corrected chi connectivity index (χ4v) is 2.24. The zero-order valence-electron chi connectivity index (χ0n) is 13.4. The van der Waals surface area contributed by atoms with E-state index in [1.54, 1.807) is 24.3 Å². The first-order valence-corrected chi connectivity index (χ1v) is 7.48. The Morgan fingerprint density at radius 2 is 1.75 bits per heavy atom. The quantitative estimate of drug-likeness (QED) is 0.716. The van der Waals surface area contributed by atoms with Crippen molar-refractivity contribution in [3.63, 3.8) is 0 Å². The lowest BCUT2D eigenvalue weighted by atomic mass is 10.0. The molecule has 0 radical (unpaired) electrons. The minimum atomic E-state index is -1.02. The number of hydrogen-bond donors (Lipinski definition) is 3. The van der Waals surface area contributed by atoms with E-state index in [0.29, 0.717) is 17.9 Å². The molecule has 0 aliphatic rings. The summed E-state index contributed by atoms with van der Waals surface area (Å²) < 4.78 is 5.17. The van der Waals surface area contributed by atoms with Crippen molar-refractivity contribution in [2.75, 3.05) is 7.11 Å². The summed E-state index contributed by atoms with van der Waals surface area (Å²) in [5.41, 5.74) is 7.73. The van der Waals surface area contributed by atoms with Crippen LogP contribution in [-0.4, -0.2) is 30.1 Å². The van der Waals surface area contributed by atoms with Crippen LogP contribution in [0.1, 0.15) is 21.5 Å². The van der Waals surface area contributed by atoms with Gasteiger partial charge in [-0.1, -0.05) is 36.4 Å². The smallest absolute Gasteiger partial charge is 0.320 e. The molecule has 0 aliphatic carbocycles. The second-order valence-electron chi connectivity index (χ2n) is 5.35. The van der Waals surface area contributed by atoms with E-state index in [0.717, 1.165) is 11.1 Å². The monoisotopic (exact) mass is 328 g/mol. The highest BCUT2D eigenvalue weighted by molar-refractivity contribution is 5.96. The van der Waals surface area contributed by atoms with Crippen molar-refractivity contribution in [2.45, 2.75) is 19.0 Å². The van der Waals surface area contributed by atoms with Gasteiger partial charge < -0.3 is 20.9 Å². The molecule has 1 amide bonds. The van der Waals surface area contributed by atoms with Crippen LogP contribution in [0.25, 0.3) is 0 Å². The summed E-state index contributed by atoms with van der Waals surface area (Å²) >= 11 is 0.